The van der Waals surface area contributed by atoms with Gasteiger partial charge in [-0.3, -0.25) is 0 Å². The Labute approximate surface area is 158 Å². The van der Waals surface area contributed by atoms with Gasteiger partial charge in [0.05, 0.1) is 5.75 Å². The summed E-state index contributed by atoms with van der Waals surface area (Å²) in [5, 5.41) is 3.63. The van der Waals surface area contributed by atoms with Crippen molar-refractivity contribution in [1.82, 2.24) is 10.0 Å². The average molecular weight is 385 g/mol. The molecule has 0 radical (unpaired) electrons. The molecule has 2 rings (SSSR count). The third-order valence-electron chi connectivity index (χ3n) is 5.33. The van der Waals surface area contributed by atoms with E-state index in [1.165, 1.54) is 6.07 Å². The molecule has 1 fully saturated rings. The summed E-state index contributed by atoms with van der Waals surface area (Å²) in [6, 6.07) is 6.90. The molecule has 0 aromatic heterocycles. The van der Waals surface area contributed by atoms with Gasteiger partial charge >= 0.3 is 0 Å². The first kappa shape index (κ1) is 21.3. The number of nitrogens with one attached hydrogen (secondary N) is 2. The molecular formula is C20H33FN2O2S. The third-order valence-corrected chi connectivity index (χ3v) is 6.78. The minimum atomic E-state index is -3.11. The molecule has 0 heterocycles. The minimum absolute atomic E-state index is 0.0633. The van der Waals surface area contributed by atoms with Crippen molar-refractivity contribution < 1.29 is 12.8 Å². The Hall–Kier alpha value is -0.980. The van der Waals surface area contributed by atoms with Crippen molar-refractivity contribution >= 4 is 10.0 Å². The lowest BCUT2D eigenvalue weighted by Gasteiger charge is -2.37. The summed E-state index contributed by atoms with van der Waals surface area (Å²) < 4.78 is 39.7. The fourth-order valence-corrected chi connectivity index (χ4v) is 4.96. The summed E-state index contributed by atoms with van der Waals surface area (Å²) in [7, 11) is -3.11. The summed E-state index contributed by atoms with van der Waals surface area (Å²) in [6.07, 6.45) is 4.91. The molecule has 1 saturated carbocycles. The molecular weight excluding hydrogens is 351 g/mol. The number of sulfonamides is 1. The van der Waals surface area contributed by atoms with E-state index < -0.39 is 10.0 Å². The van der Waals surface area contributed by atoms with E-state index in [0.717, 1.165) is 37.7 Å². The van der Waals surface area contributed by atoms with Gasteiger partial charge in [-0.15, -0.1) is 0 Å². The van der Waals surface area contributed by atoms with Gasteiger partial charge in [0, 0.05) is 17.6 Å². The average Bonchev–Trinajstić information content (AvgIpc) is 2.56. The Morgan fingerprint density at radius 1 is 1.23 bits per heavy atom. The van der Waals surface area contributed by atoms with E-state index in [-0.39, 0.29) is 29.2 Å². The molecule has 1 atom stereocenters. The van der Waals surface area contributed by atoms with Crippen LogP contribution >= 0.6 is 0 Å². The Bertz CT molecular complexity index is 683. The molecule has 1 aliphatic rings. The normalized spacial score (nSPS) is 23.0. The second kappa shape index (κ2) is 8.81. The molecule has 0 amide bonds. The molecule has 1 aromatic carbocycles. The van der Waals surface area contributed by atoms with Gasteiger partial charge in [0.25, 0.3) is 0 Å². The van der Waals surface area contributed by atoms with Gasteiger partial charge < -0.3 is 5.32 Å². The number of benzene rings is 1. The summed E-state index contributed by atoms with van der Waals surface area (Å²) in [4.78, 5) is 0. The Kier molecular flexibility index (Phi) is 7.22. The van der Waals surface area contributed by atoms with E-state index in [0.29, 0.717) is 5.92 Å². The first-order valence-electron chi connectivity index (χ1n) is 9.63. The van der Waals surface area contributed by atoms with Crippen LogP contribution in [0.2, 0.25) is 0 Å². The highest BCUT2D eigenvalue weighted by molar-refractivity contribution is 7.89. The molecule has 26 heavy (non-hydrogen) atoms. The summed E-state index contributed by atoms with van der Waals surface area (Å²) >= 11 is 0. The lowest BCUT2D eigenvalue weighted by atomic mass is 9.79. The van der Waals surface area contributed by atoms with Crippen LogP contribution in [0.1, 0.15) is 71.4 Å². The highest BCUT2D eigenvalue weighted by atomic mass is 32.2. The first-order valence-corrected chi connectivity index (χ1v) is 11.3. The third kappa shape index (κ3) is 6.63. The monoisotopic (exact) mass is 384 g/mol. The highest BCUT2D eigenvalue weighted by Gasteiger charge is 2.29. The first-order chi connectivity index (χ1) is 12.1. The quantitative estimate of drug-likeness (QED) is 0.708. The van der Waals surface area contributed by atoms with Crippen molar-refractivity contribution in [2.45, 2.75) is 77.4 Å². The maximum absolute atomic E-state index is 13.4. The molecule has 0 saturated heterocycles. The van der Waals surface area contributed by atoms with Crippen LogP contribution in [0.25, 0.3) is 0 Å². The van der Waals surface area contributed by atoms with Gasteiger partial charge in [-0.2, -0.15) is 0 Å². The molecule has 0 aliphatic heterocycles. The Balaban J connectivity index is 1.84. The van der Waals surface area contributed by atoms with Gasteiger partial charge in [-0.1, -0.05) is 12.1 Å². The smallest absolute Gasteiger partial charge is 0.211 e. The van der Waals surface area contributed by atoms with E-state index in [4.69, 9.17) is 0 Å². The SMILES string of the molecule is CCS(=O)(=O)NC1CCC(CC(C)(C)N[C@H](C)c2cccc(F)c2)CC1. The predicted octanol–water partition coefficient (Wildman–Crippen LogP) is 4.14. The maximum Gasteiger partial charge on any atom is 0.211 e. The fraction of sp³-hybridized carbons (Fsp3) is 0.700. The van der Waals surface area contributed by atoms with Crippen molar-refractivity contribution in [2.24, 2.45) is 5.92 Å². The standard InChI is InChI=1S/C20H33FN2O2S/c1-5-26(24,25)23-19-11-9-16(10-12-19)14-20(3,4)22-15(2)17-7-6-8-18(21)13-17/h6-8,13,15-16,19,22-23H,5,9-12,14H2,1-4H3/t15-,16?,19?/m1/s1. The lowest BCUT2D eigenvalue weighted by Crippen LogP contribution is -2.44. The molecule has 1 aromatic rings. The Morgan fingerprint density at radius 2 is 1.88 bits per heavy atom. The largest absolute Gasteiger partial charge is 0.305 e. The van der Waals surface area contributed by atoms with Gasteiger partial charge in [0.1, 0.15) is 5.82 Å². The van der Waals surface area contributed by atoms with E-state index in [9.17, 15) is 12.8 Å². The van der Waals surface area contributed by atoms with E-state index in [2.05, 4.69) is 30.8 Å². The molecule has 0 bridgehead atoms. The van der Waals surface area contributed by atoms with Crippen molar-refractivity contribution in [3.63, 3.8) is 0 Å². The zero-order valence-electron chi connectivity index (χ0n) is 16.4. The van der Waals surface area contributed by atoms with Crippen LogP contribution in [-0.4, -0.2) is 25.8 Å². The summed E-state index contributed by atoms with van der Waals surface area (Å²) in [6.45, 7) is 8.11. The van der Waals surface area contributed by atoms with E-state index in [1.807, 2.05) is 6.07 Å². The van der Waals surface area contributed by atoms with E-state index in [1.54, 1.807) is 19.1 Å². The van der Waals surface area contributed by atoms with E-state index >= 15 is 0 Å². The Morgan fingerprint density at radius 3 is 2.46 bits per heavy atom. The van der Waals surface area contributed by atoms with Crippen molar-refractivity contribution in [3.05, 3.63) is 35.6 Å². The molecule has 6 heteroatoms. The van der Waals surface area contributed by atoms with Gasteiger partial charge in [0.15, 0.2) is 0 Å². The van der Waals surface area contributed by atoms with Gasteiger partial charge in [-0.25, -0.2) is 17.5 Å². The predicted molar refractivity (Wildman–Crippen MR) is 105 cm³/mol. The van der Waals surface area contributed by atoms with Crippen LogP contribution in [0.5, 0.6) is 0 Å². The minimum Gasteiger partial charge on any atom is -0.305 e. The molecule has 0 spiro atoms. The lowest BCUT2D eigenvalue weighted by molar-refractivity contribution is 0.219. The zero-order valence-corrected chi connectivity index (χ0v) is 17.2. The number of halogens is 1. The fourth-order valence-electron chi connectivity index (χ4n) is 4.05. The molecule has 1 aliphatic carbocycles. The van der Waals surface area contributed by atoms with Crippen molar-refractivity contribution in [2.75, 3.05) is 5.75 Å². The highest BCUT2D eigenvalue weighted by Crippen LogP contribution is 2.32. The zero-order chi connectivity index (χ0) is 19.4. The van der Waals surface area contributed by atoms with Crippen LogP contribution in [-0.2, 0) is 10.0 Å². The molecule has 148 valence electrons. The van der Waals surface area contributed by atoms with Gasteiger partial charge in [0.2, 0.25) is 10.0 Å². The van der Waals surface area contributed by atoms with Crippen LogP contribution in [0.4, 0.5) is 4.39 Å². The number of hydrogen-bond donors (Lipinski definition) is 2. The maximum atomic E-state index is 13.4. The van der Waals surface area contributed by atoms with Crippen LogP contribution < -0.4 is 10.0 Å². The van der Waals surface area contributed by atoms with Crippen LogP contribution in [0, 0.1) is 11.7 Å². The summed E-state index contributed by atoms with van der Waals surface area (Å²) in [5.41, 5.74) is 0.891. The number of rotatable bonds is 8. The molecule has 0 unspecified atom stereocenters. The molecule has 4 nitrogen and oxygen atoms in total. The second-order valence-electron chi connectivity index (χ2n) is 8.25. The van der Waals surface area contributed by atoms with Crippen LogP contribution in [0.15, 0.2) is 24.3 Å². The number of hydrogen-bond acceptors (Lipinski definition) is 3. The van der Waals surface area contributed by atoms with Crippen molar-refractivity contribution in [3.8, 4) is 0 Å². The van der Waals surface area contributed by atoms with Crippen molar-refractivity contribution in [1.29, 1.82) is 0 Å². The topological polar surface area (TPSA) is 58.2 Å². The van der Waals surface area contributed by atoms with Crippen LogP contribution in [0.3, 0.4) is 0 Å². The second-order valence-corrected chi connectivity index (χ2v) is 10.3. The summed E-state index contributed by atoms with van der Waals surface area (Å²) in [5.74, 6) is 0.517. The molecule has 2 N–H and O–H groups in total. The van der Waals surface area contributed by atoms with Gasteiger partial charge in [-0.05, 0) is 83.4 Å².